The first kappa shape index (κ1) is 26.1. The molecule has 1 unspecified atom stereocenters. The Bertz CT molecular complexity index is 1290. The van der Waals surface area contributed by atoms with E-state index in [-0.39, 0.29) is 36.6 Å². The summed E-state index contributed by atoms with van der Waals surface area (Å²) < 4.78 is 15.8. The van der Waals surface area contributed by atoms with Gasteiger partial charge in [-0.05, 0) is 61.0 Å². The van der Waals surface area contributed by atoms with E-state index in [0.29, 0.717) is 28.4 Å². The third-order valence-corrected chi connectivity index (χ3v) is 7.17. The van der Waals surface area contributed by atoms with Crippen LogP contribution in [0.15, 0.2) is 71.6 Å². The molecule has 8 nitrogen and oxygen atoms in total. The number of anilines is 2. The van der Waals surface area contributed by atoms with E-state index in [1.807, 2.05) is 42.5 Å². The van der Waals surface area contributed by atoms with Crippen molar-refractivity contribution in [1.29, 1.82) is 0 Å². The Kier molecular flexibility index (Phi) is 8.35. The Hall–Kier alpha value is -3.98. The first-order valence-electron chi connectivity index (χ1n) is 11.8. The summed E-state index contributed by atoms with van der Waals surface area (Å²) in [7, 11) is 3.16. The first-order valence-corrected chi connectivity index (χ1v) is 12.7. The second-order valence-electron chi connectivity index (χ2n) is 8.22. The highest BCUT2D eigenvalue weighted by Gasteiger charge is 2.31. The minimum Gasteiger partial charge on any atom is -0.493 e. The molecule has 3 aromatic rings. The minimum atomic E-state index is -0.423. The van der Waals surface area contributed by atoms with Crippen LogP contribution in [-0.4, -0.2) is 45.2 Å². The molecule has 1 atom stereocenters. The van der Waals surface area contributed by atoms with Gasteiger partial charge in [0.1, 0.15) is 6.54 Å². The smallest absolute Gasteiger partial charge is 0.338 e. The molecule has 0 fully saturated rings. The van der Waals surface area contributed by atoms with Gasteiger partial charge in [0.25, 0.3) is 0 Å². The standard InChI is InChI=1S/C28H28N2O6S/c1-4-36-28(33)18-9-12-20(13-10-18)29-26(31)17-30-21-7-5-6-8-24(21)37-25(16-27(30)32)19-11-14-22(34-2)23(15-19)35-3/h5-15,25H,4,16-17H2,1-3H3,(H,29,31). The molecule has 1 aliphatic heterocycles. The van der Waals surface area contributed by atoms with Gasteiger partial charge in [0.05, 0.1) is 32.1 Å². The van der Waals surface area contributed by atoms with Crippen molar-refractivity contribution >= 4 is 40.9 Å². The van der Waals surface area contributed by atoms with Gasteiger partial charge in [0, 0.05) is 22.3 Å². The summed E-state index contributed by atoms with van der Waals surface area (Å²) in [6, 6.07) is 19.6. The number of ether oxygens (including phenoxy) is 3. The average molecular weight is 521 g/mol. The van der Waals surface area contributed by atoms with Crippen LogP contribution in [0.4, 0.5) is 11.4 Å². The van der Waals surface area contributed by atoms with Gasteiger partial charge in [-0.1, -0.05) is 18.2 Å². The molecule has 37 heavy (non-hydrogen) atoms. The van der Waals surface area contributed by atoms with Crippen molar-refractivity contribution < 1.29 is 28.6 Å². The van der Waals surface area contributed by atoms with E-state index in [0.717, 1.165) is 10.5 Å². The van der Waals surface area contributed by atoms with Crippen molar-refractivity contribution in [2.24, 2.45) is 0 Å². The lowest BCUT2D eigenvalue weighted by molar-refractivity contribution is -0.121. The van der Waals surface area contributed by atoms with Crippen LogP contribution in [0.5, 0.6) is 11.5 Å². The molecule has 9 heteroatoms. The normalized spacial score (nSPS) is 14.8. The van der Waals surface area contributed by atoms with Gasteiger partial charge in [0.2, 0.25) is 11.8 Å². The molecule has 0 spiro atoms. The number of amides is 2. The number of methoxy groups -OCH3 is 2. The van der Waals surface area contributed by atoms with E-state index in [1.54, 1.807) is 57.2 Å². The molecule has 0 aromatic heterocycles. The second-order valence-corrected chi connectivity index (χ2v) is 9.46. The molecule has 1 aliphatic rings. The zero-order valence-corrected chi connectivity index (χ0v) is 21.7. The van der Waals surface area contributed by atoms with Gasteiger partial charge >= 0.3 is 5.97 Å². The highest BCUT2D eigenvalue weighted by atomic mass is 32.2. The van der Waals surface area contributed by atoms with Crippen LogP contribution < -0.4 is 19.7 Å². The van der Waals surface area contributed by atoms with Gasteiger partial charge < -0.3 is 24.4 Å². The second kappa shape index (κ2) is 11.8. The number of rotatable bonds is 8. The van der Waals surface area contributed by atoms with Crippen molar-refractivity contribution in [3.63, 3.8) is 0 Å². The monoisotopic (exact) mass is 520 g/mol. The molecule has 3 aromatic carbocycles. The number of hydrogen-bond donors (Lipinski definition) is 1. The number of esters is 1. The number of thioether (sulfide) groups is 1. The fraction of sp³-hybridized carbons (Fsp3) is 0.250. The maximum Gasteiger partial charge on any atom is 0.338 e. The Morgan fingerprint density at radius 1 is 1.00 bits per heavy atom. The lowest BCUT2D eigenvalue weighted by atomic mass is 10.1. The summed E-state index contributed by atoms with van der Waals surface area (Å²) in [5.41, 5.74) is 2.54. The summed E-state index contributed by atoms with van der Waals surface area (Å²) >= 11 is 1.58. The van der Waals surface area contributed by atoms with E-state index in [4.69, 9.17) is 14.2 Å². The molecular formula is C28H28N2O6S. The average Bonchev–Trinajstić information content (AvgIpc) is 3.05. The molecule has 1 N–H and O–H groups in total. The third-order valence-electron chi connectivity index (χ3n) is 5.85. The zero-order valence-electron chi connectivity index (χ0n) is 20.9. The summed E-state index contributed by atoms with van der Waals surface area (Å²) in [6.07, 6.45) is 0.205. The number of nitrogens with zero attached hydrogens (tertiary/aromatic N) is 1. The van der Waals surface area contributed by atoms with Crippen molar-refractivity contribution in [1.82, 2.24) is 0 Å². The van der Waals surface area contributed by atoms with Crippen molar-refractivity contribution in [2.45, 2.75) is 23.5 Å². The van der Waals surface area contributed by atoms with E-state index in [9.17, 15) is 14.4 Å². The predicted molar refractivity (Wildman–Crippen MR) is 143 cm³/mol. The fourth-order valence-corrected chi connectivity index (χ4v) is 5.31. The Morgan fingerprint density at radius 2 is 1.73 bits per heavy atom. The minimum absolute atomic E-state index is 0.144. The Labute approximate surface area is 219 Å². The maximum atomic E-state index is 13.4. The van der Waals surface area contributed by atoms with Crippen LogP contribution >= 0.6 is 11.8 Å². The number of benzene rings is 3. The highest BCUT2D eigenvalue weighted by molar-refractivity contribution is 7.99. The van der Waals surface area contributed by atoms with Crippen LogP contribution in [0.1, 0.15) is 34.5 Å². The summed E-state index contributed by atoms with van der Waals surface area (Å²) in [5, 5.41) is 2.64. The molecule has 2 amide bonds. The zero-order chi connectivity index (χ0) is 26.4. The maximum absolute atomic E-state index is 13.4. The van der Waals surface area contributed by atoms with Gasteiger partial charge in [-0.15, -0.1) is 11.8 Å². The fourth-order valence-electron chi connectivity index (χ4n) is 4.04. The van der Waals surface area contributed by atoms with E-state index in [2.05, 4.69) is 5.32 Å². The number of para-hydroxylation sites is 1. The number of carbonyl (C=O) groups excluding carboxylic acids is 3. The first-order chi connectivity index (χ1) is 17.9. The number of hydrogen-bond acceptors (Lipinski definition) is 7. The van der Waals surface area contributed by atoms with Gasteiger partial charge in [0.15, 0.2) is 11.5 Å². The van der Waals surface area contributed by atoms with Crippen molar-refractivity contribution in [2.75, 3.05) is 37.6 Å². The van der Waals surface area contributed by atoms with Gasteiger partial charge in [-0.25, -0.2) is 4.79 Å². The SMILES string of the molecule is CCOC(=O)c1ccc(NC(=O)CN2C(=O)CC(c3ccc(OC)c(OC)c3)Sc3ccccc32)cc1. The topological polar surface area (TPSA) is 94.2 Å². The van der Waals surface area contributed by atoms with Crippen LogP contribution in [-0.2, 0) is 14.3 Å². The number of fused-ring (bicyclic) bond motifs is 1. The predicted octanol–water partition coefficient (Wildman–Crippen LogP) is 5.09. The molecule has 0 bridgehead atoms. The Balaban J connectivity index is 1.52. The van der Waals surface area contributed by atoms with Crippen LogP contribution in [0.3, 0.4) is 0 Å². The molecule has 0 radical (unpaired) electrons. The van der Waals surface area contributed by atoms with E-state index >= 15 is 0 Å². The largest absolute Gasteiger partial charge is 0.493 e. The van der Waals surface area contributed by atoms with Crippen LogP contribution in [0.2, 0.25) is 0 Å². The summed E-state index contributed by atoms with van der Waals surface area (Å²) in [6.45, 7) is 1.88. The van der Waals surface area contributed by atoms with E-state index < -0.39 is 5.97 Å². The quantitative estimate of drug-likeness (QED) is 0.414. The molecule has 0 saturated heterocycles. The van der Waals surface area contributed by atoms with E-state index in [1.165, 1.54) is 4.90 Å². The molecule has 0 saturated carbocycles. The molecule has 192 valence electrons. The molecule has 1 heterocycles. The lowest BCUT2D eigenvalue weighted by Crippen LogP contribution is -2.38. The van der Waals surface area contributed by atoms with Gasteiger partial charge in [-0.3, -0.25) is 9.59 Å². The van der Waals surface area contributed by atoms with Crippen LogP contribution in [0.25, 0.3) is 0 Å². The number of nitrogens with one attached hydrogen (secondary N) is 1. The van der Waals surface area contributed by atoms with Crippen LogP contribution in [0, 0.1) is 0 Å². The lowest BCUT2D eigenvalue weighted by Gasteiger charge is -2.22. The third kappa shape index (κ3) is 6.06. The number of carbonyl (C=O) groups is 3. The highest BCUT2D eigenvalue weighted by Crippen LogP contribution is 2.46. The van der Waals surface area contributed by atoms with Gasteiger partial charge in [-0.2, -0.15) is 0 Å². The Morgan fingerprint density at radius 3 is 2.43 bits per heavy atom. The van der Waals surface area contributed by atoms with Crippen molar-refractivity contribution in [3.8, 4) is 11.5 Å². The van der Waals surface area contributed by atoms with Crippen molar-refractivity contribution in [3.05, 3.63) is 77.9 Å². The summed E-state index contributed by atoms with van der Waals surface area (Å²) in [5.74, 6) is 0.279. The molecular weight excluding hydrogens is 492 g/mol. The summed E-state index contributed by atoms with van der Waals surface area (Å²) in [4.78, 5) is 40.7. The molecule has 4 rings (SSSR count). The molecule has 0 aliphatic carbocycles.